The van der Waals surface area contributed by atoms with Gasteiger partial charge in [-0.1, -0.05) is 42.5 Å². The van der Waals surface area contributed by atoms with Gasteiger partial charge in [-0.3, -0.25) is 9.74 Å². The Kier molecular flexibility index (Phi) is 6.17. The minimum Gasteiger partial charge on any atom is -0.297 e. The molecule has 0 spiro atoms. The normalized spacial score (nSPS) is 24.4. The van der Waals surface area contributed by atoms with Crippen LogP contribution in [-0.2, 0) is 21.4 Å². The van der Waals surface area contributed by atoms with Crippen LogP contribution in [0.1, 0.15) is 17.2 Å². The molecular weight excluding hydrogens is 412 g/mol. The molecule has 0 unspecified atom stereocenters. The molecule has 0 aliphatic carbocycles. The van der Waals surface area contributed by atoms with Gasteiger partial charge in [-0.15, -0.1) is 0 Å². The van der Waals surface area contributed by atoms with E-state index in [1.165, 1.54) is 27.1 Å². The van der Waals surface area contributed by atoms with E-state index in [-0.39, 0.29) is 12.2 Å². The van der Waals surface area contributed by atoms with Crippen molar-refractivity contribution in [1.29, 1.82) is 0 Å². The summed E-state index contributed by atoms with van der Waals surface area (Å²) in [6.45, 7) is 2.60. The van der Waals surface area contributed by atoms with Crippen LogP contribution in [0.25, 0.3) is 0 Å². The quantitative estimate of drug-likeness (QED) is 0.719. The first-order valence-electron chi connectivity index (χ1n) is 9.93. The summed E-state index contributed by atoms with van der Waals surface area (Å²) in [6.07, 6.45) is 0. The van der Waals surface area contributed by atoms with Crippen molar-refractivity contribution in [3.8, 4) is 0 Å². The molecule has 162 valence electrons. The molecular formula is C21H25F2N3O3S. The number of sulfonamides is 1. The number of hydrogen-bond donors (Lipinski definition) is 0. The molecule has 2 aromatic carbocycles. The average Bonchev–Trinajstić information content (AvgIpc) is 3.13. The number of rotatable bonds is 5. The van der Waals surface area contributed by atoms with Gasteiger partial charge in [0.25, 0.3) is 0 Å². The van der Waals surface area contributed by atoms with Crippen molar-refractivity contribution in [2.75, 3.05) is 39.8 Å². The molecule has 2 aliphatic heterocycles. The van der Waals surface area contributed by atoms with Crippen LogP contribution in [-0.4, -0.2) is 67.8 Å². The maximum Gasteiger partial charge on any atom is 0.221 e. The highest BCUT2D eigenvalue weighted by Gasteiger charge is 2.47. The van der Waals surface area contributed by atoms with Gasteiger partial charge in [0.2, 0.25) is 10.0 Å². The summed E-state index contributed by atoms with van der Waals surface area (Å²) in [4.78, 5) is 7.64. The number of halogens is 2. The molecule has 6 nitrogen and oxygen atoms in total. The first-order valence-corrected chi connectivity index (χ1v) is 11.4. The summed E-state index contributed by atoms with van der Waals surface area (Å²) >= 11 is 0. The van der Waals surface area contributed by atoms with Crippen molar-refractivity contribution in [2.24, 2.45) is 0 Å². The predicted octanol–water partition coefficient (Wildman–Crippen LogP) is 2.40. The maximum atomic E-state index is 14.4. The molecule has 30 heavy (non-hydrogen) atoms. The Morgan fingerprint density at radius 3 is 2.40 bits per heavy atom. The Morgan fingerprint density at radius 1 is 1.00 bits per heavy atom. The van der Waals surface area contributed by atoms with Gasteiger partial charge in [0.05, 0.1) is 12.6 Å². The highest BCUT2D eigenvalue weighted by molar-refractivity contribution is 7.89. The topological polar surface area (TPSA) is 53.1 Å². The van der Waals surface area contributed by atoms with E-state index in [1.807, 2.05) is 30.3 Å². The fraction of sp³-hybridized carbons (Fsp3) is 0.429. The molecule has 2 aromatic rings. The molecule has 2 heterocycles. The lowest BCUT2D eigenvalue weighted by molar-refractivity contribution is -0.111. The zero-order valence-corrected chi connectivity index (χ0v) is 17.6. The third kappa shape index (κ3) is 4.13. The van der Waals surface area contributed by atoms with Crippen molar-refractivity contribution >= 4 is 10.0 Å². The van der Waals surface area contributed by atoms with Gasteiger partial charge in [-0.25, -0.2) is 17.2 Å². The second-order valence-electron chi connectivity index (χ2n) is 7.67. The molecule has 0 amide bonds. The molecule has 0 bridgehead atoms. The van der Waals surface area contributed by atoms with Crippen LogP contribution in [0.5, 0.6) is 0 Å². The molecule has 2 aliphatic rings. The van der Waals surface area contributed by atoms with E-state index in [2.05, 4.69) is 4.90 Å². The Balaban J connectivity index is 1.48. The maximum absolute atomic E-state index is 14.4. The fourth-order valence-corrected chi connectivity index (χ4v) is 6.10. The van der Waals surface area contributed by atoms with Crippen molar-refractivity contribution in [1.82, 2.24) is 14.3 Å². The zero-order valence-electron chi connectivity index (χ0n) is 16.7. The minimum absolute atomic E-state index is 0.00807. The van der Waals surface area contributed by atoms with Gasteiger partial charge in [0.15, 0.2) is 11.6 Å². The third-order valence-corrected chi connectivity index (χ3v) is 8.05. The molecule has 4 rings (SSSR count). The van der Waals surface area contributed by atoms with Crippen LogP contribution in [0.2, 0.25) is 0 Å². The third-order valence-electron chi connectivity index (χ3n) is 5.81. The SMILES string of the molecule is CN1OC[C@H](S(=O)(=O)N2CCN(Cc3ccccc3)CC2)[C@H]1c1cccc(F)c1F. The number of benzene rings is 2. The Bertz CT molecular complexity index is 982. The molecule has 0 N–H and O–H groups in total. The van der Waals surface area contributed by atoms with Gasteiger partial charge in [0.1, 0.15) is 5.25 Å². The Morgan fingerprint density at radius 2 is 1.70 bits per heavy atom. The van der Waals surface area contributed by atoms with Gasteiger partial charge < -0.3 is 0 Å². The molecule has 0 saturated carbocycles. The molecule has 9 heteroatoms. The largest absolute Gasteiger partial charge is 0.297 e. The van der Waals surface area contributed by atoms with Crippen molar-refractivity contribution in [3.05, 3.63) is 71.3 Å². The number of piperazine rings is 1. The van der Waals surface area contributed by atoms with Crippen LogP contribution in [0.3, 0.4) is 0 Å². The van der Waals surface area contributed by atoms with Gasteiger partial charge in [0, 0.05) is 45.3 Å². The first-order chi connectivity index (χ1) is 14.4. The second kappa shape index (κ2) is 8.68. The lowest BCUT2D eigenvalue weighted by Crippen LogP contribution is -2.52. The van der Waals surface area contributed by atoms with Gasteiger partial charge >= 0.3 is 0 Å². The standard InChI is InChI=1S/C21H25F2N3O3S/c1-24-21(17-8-5-9-18(22)20(17)23)19(15-29-24)30(27,28)26-12-10-25(11-13-26)14-16-6-3-2-4-7-16/h2-9,19,21H,10-15H2,1H3/t19-,21+/m0/s1. The summed E-state index contributed by atoms with van der Waals surface area (Å²) in [5.74, 6) is -2.04. The number of hydroxylamine groups is 2. The van der Waals surface area contributed by atoms with Crippen LogP contribution >= 0.6 is 0 Å². The Hall–Kier alpha value is -1.91. The minimum atomic E-state index is -3.77. The lowest BCUT2D eigenvalue weighted by Gasteiger charge is -2.36. The molecule has 2 atom stereocenters. The molecule has 0 radical (unpaired) electrons. The predicted molar refractivity (Wildman–Crippen MR) is 109 cm³/mol. The number of hydrogen-bond acceptors (Lipinski definition) is 5. The van der Waals surface area contributed by atoms with Gasteiger partial charge in [-0.05, 0) is 11.6 Å². The van der Waals surface area contributed by atoms with Crippen LogP contribution in [0, 0.1) is 11.6 Å². The van der Waals surface area contributed by atoms with Crippen molar-refractivity contribution in [2.45, 2.75) is 17.8 Å². The zero-order chi connectivity index (χ0) is 21.3. The number of nitrogens with zero attached hydrogens (tertiary/aromatic N) is 3. The summed E-state index contributed by atoms with van der Waals surface area (Å²) in [5, 5.41) is 0.311. The van der Waals surface area contributed by atoms with E-state index in [9.17, 15) is 17.2 Å². The monoisotopic (exact) mass is 437 g/mol. The smallest absolute Gasteiger partial charge is 0.221 e. The van der Waals surface area contributed by atoms with E-state index >= 15 is 0 Å². The Labute approximate surface area is 175 Å². The van der Waals surface area contributed by atoms with Crippen molar-refractivity contribution in [3.63, 3.8) is 0 Å². The van der Waals surface area contributed by atoms with E-state index in [0.29, 0.717) is 26.2 Å². The van der Waals surface area contributed by atoms with Crippen molar-refractivity contribution < 1.29 is 22.0 Å². The van der Waals surface area contributed by atoms with Crippen LogP contribution in [0.4, 0.5) is 8.78 Å². The highest BCUT2D eigenvalue weighted by Crippen LogP contribution is 2.36. The summed E-state index contributed by atoms with van der Waals surface area (Å²) in [5.41, 5.74) is 1.17. The fourth-order valence-electron chi connectivity index (χ4n) is 4.17. The molecule has 2 fully saturated rings. The van der Waals surface area contributed by atoms with Gasteiger partial charge in [-0.2, -0.15) is 9.37 Å². The first kappa shape index (κ1) is 21.3. The van der Waals surface area contributed by atoms with Crippen LogP contribution in [0.15, 0.2) is 48.5 Å². The average molecular weight is 438 g/mol. The van der Waals surface area contributed by atoms with E-state index in [4.69, 9.17) is 4.84 Å². The summed E-state index contributed by atoms with van der Waals surface area (Å²) in [7, 11) is -2.22. The summed E-state index contributed by atoms with van der Waals surface area (Å²) < 4.78 is 56.4. The van der Waals surface area contributed by atoms with Crippen LogP contribution < -0.4 is 0 Å². The van der Waals surface area contributed by atoms with E-state index in [1.54, 1.807) is 7.05 Å². The van der Waals surface area contributed by atoms with E-state index < -0.39 is 32.9 Å². The lowest BCUT2D eigenvalue weighted by atomic mass is 10.0. The molecule has 2 saturated heterocycles. The second-order valence-corrected chi connectivity index (χ2v) is 9.83. The van der Waals surface area contributed by atoms with E-state index in [0.717, 1.165) is 12.6 Å². The highest BCUT2D eigenvalue weighted by atomic mass is 32.2. The molecule has 0 aromatic heterocycles. The summed E-state index contributed by atoms with van der Waals surface area (Å²) in [6, 6.07) is 12.9.